The van der Waals surface area contributed by atoms with Crippen molar-refractivity contribution in [1.82, 2.24) is 4.90 Å². The molecule has 1 amide bonds. The normalized spacial score (nSPS) is 33.3. The number of phenols is 1. The van der Waals surface area contributed by atoms with E-state index in [4.69, 9.17) is 5.73 Å². The number of nitrogens with two attached hydrogens (primary N) is 1. The summed E-state index contributed by atoms with van der Waals surface area (Å²) in [6.07, 6.45) is 3.81. The van der Waals surface area contributed by atoms with Gasteiger partial charge in [-0.3, -0.25) is 14.5 Å². The molecule has 2 aliphatic carbocycles. The standard InChI is InChI=1S/C20H24N2O4/c1-2-8-22-9-7-19-11-13(23)5-6-20(19,26)15(22)10-12-3-4-14(18(21)25)17(24)16(12)19/h2-4,15,24,26H,1,5-11H2,(H2,21,25)/t15-,19-,20-/m1/s1. The van der Waals surface area contributed by atoms with Gasteiger partial charge in [-0.25, -0.2) is 0 Å². The predicted molar refractivity (Wildman–Crippen MR) is 96.0 cm³/mol. The Morgan fingerprint density at radius 1 is 1.42 bits per heavy atom. The molecule has 4 rings (SSSR count). The van der Waals surface area contributed by atoms with Gasteiger partial charge in [0, 0.05) is 36.4 Å². The van der Waals surface area contributed by atoms with Crippen molar-refractivity contribution >= 4 is 11.7 Å². The molecule has 1 aliphatic heterocycles. The Labute approximate surface area is 152 Å². The minimum absolute atomic E-state index is 0.0467. The molecule has 1 saturated carbocycles. The topological polar surface area (TPSA) is 104 Å². The first-order valence-corrected chi connectivity index (χ1v) is 9.08. The molecule has 0 aromatic heterocycles. The average Bonchev–Trinajstić information content (AvgIpc) is 2.57. The van der Waals surface area contributed by atoms with Gasteiger partial charge in [-0.15, -0.1) is 6.58 Å². The first-order chi connectivity index (χ1) is 12.3. The summed E-state index contributed by atoms with van der Waals surface area (Å²) < 4.78 is 0. The third-order valence-corrected chi connectivity index (χ3v) is 6.72. The van der Waals surface area contributed by atoms with Crippen LogP contribution in [0.4, 0.5) is 0 Å². The quantitative estimate of drug-likeness (QED) is 0.702. The molecule has 0 unspecified atom stereocenters. The van der Waals surface area contributed by atoms with E-state index in [2.05, 4.69) is 11.5 Å². The van der Waals surface area contributed by atoms with Gasteiger partial charge in [-0.1, -0.05) is 12.1 Å². The van der Waals surface area contributed by atoms with Gasteiger partial charge < -0.3 is 15.9 Å². The summed E-state index contributed by atoms with van der Waals surface area (Å²) in [4.78, 5) is 26.3. The van der Waals surface area contributed by atoms with E-state index in [1.807, 2.05) is 6.08 Å². The highest BCUT2D eigenvalue weighted by Crippen LogP contribution is 2.59. The van der Waals surface area contributed by atoms with E-state index in [1.54, 1.807) is 6.07 Å². The van der Waals surface area contributed by atoms with Crippen molar-refractivity contribution < 1.29 is 19.8 Å². The third kappa shape index (κ3) is 2.06. The molecular formula is C20H24N2O4. The fraction of sp³-hybridized carbons (Fsp3) is 0.500. The molecule has 6 heteroatoms. The Balaban J connectivity index is 1.97. The second kappa shape index (κ2) is 5.66. The largest absolute Gasteiger partial charge is 0.507 e. The van der Waals surface area contributed by atoms with Crippen LogP contribution in [0.15, 0.2) is 24.8 Å². The second-order valence-corrected chi connectivity index (χ2v) is 7.84. The number of likely N-dealkylation sites (tertiary alicyclic amines) is 1. The number of hydrogen-bond acceptors (Lipinski definition) is 5. The number of ketones is 1. The fourth-order valence-electron chi connectivity index (χ4n) is 5.59. The molecule has 26 heavy (non-hydrogen) atoms. The van der Waals surface area contributed by atoms with Crippen LogP contribution < -0.4 is 5.73 Å². The number of carbonyl (C=O) groups excluding carboxylic acids is 2. The van der Waals surface area contributed by atoms with Gasteiger partial charge in [0.05, 0.1) is 11.2 Å². The predicted octanol–water partition coefficient (Wildman–Crippen LogP) is 1.03. The first kappa shape index (κ1) is 17.2. The number of benzene rings is 1. The number of carbonyl (C=O) groups is 2. The summed E-state index contributed by atoms with van der Waals surface area (Å²) in [6, 6.07) is 3.20. The number of primary amides is 1. The van der Waals surface area contributed by atoms with Gasteiger partial charge in [-0.2, -0.15) is 0 Å². The SMILES string of the molecule is C=CCN1CC[C@]23CC(=O)CC[C@@]2(O)[C@H]1Cc1ccc(C(N)=O)c(O)c13. The Morgan fingerprint density at radius 2 is 2.19 bits per heavy atom. The zero-order valence-electron chi connectivity index (χ0n) is 14.7. The molecule has 3 atom stereocenters. The highest BCUT2D eigenvalue weighted by atomic mass is 16.3. The van der Waals surface area contributed by atoms with Gasteiger partial charge >= 0.3 is 0 Å². The van der Waals surface area contributed by atoms with Gasteiger partial charge in [0.1, 0.15) is 11.5 Å². The molecule has 1 aromatic carbocycles. The number of aromatic hydroxyl groups is 1. The molecule has 0 spiro atoms. The Bertz CT molecular complexity index is 820. The molecule has 0 radical (unpaired) electrons. The van der Waals surface area contributed by atoms with E-state index < -0.39 is 16.9 Å². The van der Waals surface area contributed by atoms with Crippen molar-refractivity contribution in [1.29, 1.82) is 0 Å². The monoisotopic (exact) mass is 356 g/mol. The number of Topliss-reactive ketones (excluding diaryl/α,β-unsaturated/α-hetero) is 1. The van der Waals surface area contributed by atoms with Crippen molar-refractivity contribution in [3.63, 3.8) is 0 Å². The van der Waals surface area contributed by atoms with E-state index >= 15 is 0 Å². The van der Waals surface area contributed by atoms with Crippen molar-refractivity contribution in [3.05, 3.63) is 41.5 Å². The van der Waals surface area contributed by atoms with E-state index in [-0.39, 0.29) is 29.6 Å². The molecule has 2 fully saturated rings. The zero-order chi connectivity index (χ0) is 18.7. The summed E-state index contributed by atoms with van der Waals surface area (Å²) >= 11 is 0. The Hall–Kier alpha value is -2.18. The smallest absolute Gasteiger partial charge is 0.252 e. The lowest BCUT2D eigenvalue weighted by Crippen LogP contribution is -2.73. The maximum Gasteiger partial charge on any atom is 0.252 e. The van der Waals surface area contributed by atoms with Crippen LogP contribution in [0.3, 0.4) is 0 Å². The van der Waals surface area contributed by atoms with Gasteiger partial charge in [0.25, 0.3) is 5.91 Å². The first-order valence-electron chi connectivity index (χ1n) is 9.08. The molecule has 138 valence electrons. The number of amides is 1. The summed E-state index contributed by atoms with van der Waals surface area (Å²) in [5, 5.41) is 22.7. The molecule has 4 N–H and O–H groups in total. The van der Waals surface area contributed by atoms with E-state index in [0.717, 1.165) is 5.56 Å². The van der Waals surface area contributed by atoms with Crippen LogP contribution in [-0.2, 0) is 16.6 Å². The van der Waals surface area contributed by atoms with Crippen LogP contribution >= 0.6 is 0 Å². The van der Waals surface area contributed by atoms with Gasteiger partial charge in [0.15, 0.2) is 0 Å². The fourth-order valence-corrected chi connectivity index (χ4v) is 5.59. The third-order valence-electron chi connectivity index (χ3n) is 6.72. The minimum Gasteiger partial charge on any atom is -0.507 e. The number of rotatable bonds is 3. The van der Waals surface area contributed by atoms with Crippen LogP contribution in [0.1, 0.15) is 47.2 Å². The summed E-state index contributed by atoms with van der Waals surface area (Å²) in [5.74, 6) is -0.792. The van der Waals surface area contributed by atoms with Crippen LogP contribution in [0.5, 0.6) is 5.75 Å². The molecule has 6 nitrogen and oxygen atoms in total. The second-order valence-electron chi connectivity index (χ2n) is 7.84. The summed E-state index contributed by atoms with van der Waals surface area (Å²) in [6.45, 7) is 5.18. The molecule has 1 aromatic rings. The average molecular weight is 356 g/mol. The number of piperidine rings is 1. The van der Waals surface area contributed by atoms with Crippen LogP contribution in [0.2, 0.25) is 0 Å². The van der Waals surface area contributed by atoms with Gasteiger partial charge in [0.2, 0.25) is 0 Å². The lowest BCUT2D eigenvalue weighted by Gasteiger charge is -2.63. The van der Waals surface area contributed by atoms with Crippen molar-refractivity contribution in [3.8, 4) is 5.75 Å². The summed E-state index contributed by atoms with van der Waals surface area (Å²) in [5.41, 5.74) is 4.91. The number of aliphatic hydroxyl groups is 1. The van der Waals surface area contributed by atoms with Crippen LogP contribution in [0.25, 0.3) is 0 Å². The molecule has 1 heterocycles. The highest BCUT2D eigenvalue weighted by Gasteiger charge is 2.65. The Kier molecular flexibility index (Phi) is 3.75. The van der Waals surface area contributed by atoms with Crippen LogP contribution in [-0.4, -0.2) is 51.5 Å². The number of fused-ring (bicyclic) bond motifs is 1. The van der Waals surface area contributed by atoms with Crippen molar-refractivity contribution in [2.45, 2.75) is 49.2 Å². The maximum absolute atomic E-state index is 12.4. The lowest BCUT2D eigenvalue weighted by atomic mass is 9.49. The Morgan fingerprint density at radius 3 is 2.88 bits per heavy atom. The minimum atomic E-state index is -1.12. The molecular weight excluding hydrogens is 332 g/mol. The molecule has 3 aliphatic rings. The van der Waals surface area contributed by atoms with Crippen molar-refractivity contribution in [2.75, 3.05) is 13.1 Å². The van der Waals surface area contributed by atoms with E-state index in [0.29, 0.717) is 44.3 Å². The number of nitrogens with zero attached hydrogens (tertiary/aromatic N) is 1. The molecule has 1 saturated heterocycles. The van der Waals surface area contributed by atoms with E-state index in [1.165, 1.54) is 6.07 Å². The molecule has 2 bridgehead atoms. The van der Waals surface area contributed by atoms with Crippen molar-refractivity contribution in [2.24, 2.45) is 5.73 Å². The summed E-state index contributed by atoms with van der Waals surface area (Å²) in [7, 11) is 0. The van der Waals surface area contributed by atoms with E-state index in [9.17, 15) is 19.8 Å². The zero-order valence-corrected chi connectivity index (χ0v) is 14.7. The maximum atomic E-state index is 12.4. The lowest BCUT2D eigenvalue weighted by molar-refractivity contribution is -0.171. The highest BCUT2D eigenvalue weighted by molar-refractivity contribution is 5.96. The number of hydrogen-bond donors (Lipinski definition) is 3. The van der Waals surface area contributed by atoms with Gasteiger partial charge in [-0.05, 0) is 37.4 Å². The van der Waals surface area contributed by atoms with Crippen LogP contribution in [0, 0.1) is 0 Å².